The van der Waals surface area contributed by atoms with Gasteiger partial charge in [0.25, 0.3) is 0 Å². The second-order valence-electron chi connectivity index (χ2n) is 6.39. The Labute approximate surface area is 164 Å². The van der Waals surface area contributed by atoms with Crippen LogP contribution in [-0.2, 0) is 21.1 Å². The molecule has 0 saturated carbocycles. The summed E-state index contributed by atoms with van der Waals surface area (Å²) in [6, 6.07) is 1.54. The lowest BCUT2D eigenvalue weighted by molar-refractivity contribution is 0.0978. The van der Waals surface area contributed by atoms with Crippen molar-refractivity contribution in [1.82, 2.24) is 9.78 Å². The van der Waals surface area contributed by atoms with Crippen LogP contribution in [0, 0.1) is 20.8 Å². The highest BCUT2D eigenvalue weighted by atomic mass is 32.2. The van der Waals surface area contributed by atoms with E-state index in [0.717, 1.165) is 6.26 Å². The number of carbonyl (C=O) groups excluding carboxylic acids is 2. The molecule has 0 bridgehead atoms. The molecular weight excluding hydrogens is 384 g/mol. The molecule has 0 aliphatic rings. The molecular formula is C19H24N2O6S. The predicted octanol–water partition coefficient (Wildman–Crippen LogP) is 3.00. The summed E-state index contributed by atoms with van der Waals surface area (Å²) in [6.45, 7) is 8.94. The van der Waals surface area contributed by atoms with Crippen LogP contribution < -0.4 is 4.74 Å². The van der Waals surface area contributed by atoms with Crippen molar-refractivity contribution in [1.29, 1.82) is 0 Å². The number of aryl methyl sites for hydroxylation is 2. The van der Waals surface area contributed by atoms with Gasteiger partial charge in [-0.25, -0.2) is 17.9 Å². The molecule has 0 aliphatic heterocycles. The van der Waals surface area contributed by atoms with Crippen LogP contribution in [0.25, 0.3) is 0 Å². The largest absolute Gasteiger partial charge is 0.515 e. The van der Waals surface area contributed by atoms with E-state index in [4.69, 9.17) is 9.47 Å². The van der Waals surface area contributed by atoms with Crippen molar-refractivity contribution >= 4 is 21.8 Å². The maximum atomic E-state index is 13.2. The van der Waals surface area contributed by atoms with Gasteiger partial charge in [0.2, 0.25) is 5.88 Å². The van der Waals surface area contributed by atoms with Gasteiger partial charge in [-0.15, -0.1) is 0 Å². The number of sulfone groups is 1. The van der Waals surface area contributed by atoms with Crippen LogP contribution in [0.3, 0.4) is 0 Å². The minimum Gasteiger partial charge on any atom is -0.434 e. The van der Waals surface area contributed by atoms with E-state index in [2.05, 4.69) is 5.10 Å². The van der Waals surface area contributed by atoms with Gasteiger partial charge < -0.3 is 9.47 Å². The number of ether oxygens (including phenoxy) is 2. The molecule has 9 heteroatoms. The summed E-state index contributed by atoms with van der Waals surface area (Å²) >= 11 is 0. The zero-order valence-corrected chi connectivity index (χ0v) is 17.6. The Morgan fingerprint density at radius 3 is 2.29 bits per heavy atom. The molecule has 28 heavy (non-hydrogen) atoms. The zero-order chi connectivity index (χ0) is 21.2. The maximum absolute atomic E-state index is 13.2. The lowest BCUT2D eigenvalue weighted by Crippen LogP contribution is -2.16. The van der Waals surface area contributed by atoms with Gasteiger partial charge >= 0.3 is 6.16 Å². The van der Waals surface area contributed by atoms with Crippen molar-refractivity contribution in [2.45, 2.75) is 46.1 Å². The number of hydrogen-bond donors (Lipinski definition) is 0. The molecule has 0 atom stereocenters. The van der Waals surface area contributed by atoms with Crippen molar-refractivity contribution in [3.8, 4) is 5.88 Å². The average Bonchev–Trinajstić information content (AvgIpc) is 2.99. The first-order valence-corrected chi connectivity index (χ1v) is 10.7. The average molecular weight is 408 g/mol. The van der Waals surface area contributed by atoms with Gasteiger partial charge in [0.1, 0.15) is 5.56 Å². The van der Waals surface area contributed by atoms with E-state index >= 15 is 0 Å². The topological polar surface area (TPSA) is 105 Å². The van der Waals surface area contributed by atoms with Crippen LogP contribution in [0.2, 0.25) is 0 Å². The normalized spacial score (nSPS) is 11.4. The van der Waals surface area contributed by atoms with Gasteiger partial charge in [-0.2, -0.15) is 5.10 Å². The van der Waals surface area contributed by atoms with Crippen LogP contribution in [-0.4, -0.2) is 43.0 Å². The lowest BCUT2D eigenvalue weighted by atomic mass is 9.95. The molecule has 0 amide bonds. The summed E-state index contributed by atoms with van der Waals surface area (Å²) in [5, 5.41) is 4.09. The highest BCUT2D eigenvalue weighted by Gasteiger charge is 2.26. The summed E-state index contributed by atoms with van der Waals surface area (Å²) < 4.78 is 35.5. The van der Waals surface area contributed by atoms with Crippen LogP contribution in [0.4, 0.5) is 4.79 Å². The molecule has 8 nitrogen and oxygen atoms in total. The minimum absolute atomic E-state index is 0.00662. The van der Waals surface area contributed by atoms with Crippen molar-refractivity contribution in [3.63, 3.8) is 0 Å². The van der Waals surface area contributed by atoms with Crippen molar-refractivity contribution < 1.29 is 27.5 Å². The third-order valence-electron chi connectivity index (χ3n) is 4.42. The molecule has 1 aromatic heterocycles. The quantitative estimate of drug-likeness (QED) is 0.534. The SMILES string of the molecule is CCOC(=O)Oc1c(C(=O)c2cc(C)c(S(C)(=O)=O)c(C)c2C)cnn1CC. The van der Waals surface area contributed by atoms with Gasteiger partial charge in [0, 0.05) is 18.4 Å². The summed E-state index contributed by atoms with van der Waals surface area (Å²) in [4.78, 5) is 25.2. The lowest BCUT2D eigenvalue weighted by Gasteiger charge is -2.15. The Bertz CT molecular complexity index is 1040. The van der Waals surface area contributed by atoms with E-state index in [1.54, 1.807) is 40.7 Å². The molecule has 0 fully saturated rings. The van der Waals surface area contributed by atoms with Gasteiger partial charge in [-0.05, 0) is 57.4 Å². The van der Waals surface area contributed by atoms with E-state index in [1.807, 2.05) is 0 Å². The molecule has 0 spiro atoms. The van der Waals surface area contributed by atoms with Gasteiger partial charge in [0.15, 0.2) is 15.6 Å². The third-order valence-corrected chi connectivity index (χ3v) is 5.79. The number of benzene rings is 1. The Morgan fingerprint density at radius 2 is 1.75 bits per heavy atom. The molecule has 1 heterocycles. The van der Waals surface area contributed by atoms with Crippen molar-refractivity contribution in [2.75, 3.05) is 12.9 Å². The first-order valence-electron chi connectivity index (χ1n) is 8.78. The summed E-state index contributed by atoms with van der Waals surface area (Å²) in [6.07, 6.45) is 1.54. The Balaban J connectivity index is 2.59. The fourth-order valence-electron chi connectivity index (χ4n) is 3.10. The summed E-state index contributed by atoms with van der Waals surface area (Å²) in [7, 11) is -3.44. The molecule has 2 rings (SSSR count). The van der Waals surface area contributed by atoms with E-state index in [0.29, 0.717) is 28.8 Å². The van der Waals surface area contributed by atoms with Crippen molar-refractivity contribution in [2.24, 2.45) is 0 Å². The first kappa shape index (κ1) is 21.6. The summed E-state index contributed by atoms with van der Waals surface area (Å²) in [5.41, 5.74) is 1.96. The number of hydrogen-bond acceptors (Lipinski definition) is 7. The van der Waals surface area contributed by atoms with E-state index in [-0.39, 0.29) is 22.9 Å². The highest BCUT2D eigenvalue weighted by molar-refractivity contribution is 7.90. The zero-order valence-electron chi connectivity index (χ0n) is 16.8. The fourth-order valence-corrected chi connectivity index (χ4v) is 4.45. The molecule has 0 N–H and O–H groups in total. The number of aromatic nitrogens is 2. The second kappa shape index (κ2) is 8.14. The van der Waals surface area contributed by atoms with Gasteiger partial charge in [0.05, 0.1) is 17.7 Å². The number of ketones is 1. The number of nitrogens with zero attached hydrogens (tertiary/aromatic N) is 2. The van der Waals surface area contributed by atoms with E-state index in [9.17, 15) is 18.0 Å². The van der Waals surface area contributed by atoms with Crippen LogP contribution in [0.1, 0.15) is 46.5 Å². The van der Waals surface area contributed by atoms with E-state index < -0.39 is 21.8 Å². The Kier molecular flexibility index (Phi) is 6.28. The molecule has 1 aromatic carbocycles. The first-order chi connectivity index (χ1) is 13.0. The molecule has 152 valence electrons. The molecule has 2 aromatic rings. The number of carbonyl (C=O) groups is 2. The minimum atomic E-state index is -3.44. The van der Waals surface area contributed by atoms with Gasteiger partial charge in [-0.3, -0.25) is 4.79 Å². The highest BCUT2D eigenvalue weighted by Crippen LogP contribution is 2.30. The van der Waals surface area contributed by atoms with Crippen molar-refractivity contribution in [3.05, 3.63) is 40.1 Å². The predicted molar refractivity (Wildman–Crippen MR) is 103 cm³/mol. The maximum Gasteiger partial charge on any atom is 0.515 e. The molecule has 0 aliphatic carbocycles. The van der Waals surface area contributed by atoms with Crippen LogP contribution >= 0.6 is 0 Å². The van der Waals surface area contributed by atoms with Gasteiger partial charge in [-0.1, -0.05) is 0 Å². The molecule has 0 unspecified atom stereocenters. The second-order valence-corrected chi connectivity index (χ2v) is 8.34. The number of rotatable bonds is 6. The fraction of sp³-hybridized carbons (Fsp3) is 0.421. The Hall–Kier alpha value is -2.68. The van der Waals surface area contributed by atoms with E-state index in [1.165, 1.54) is 10.9 Å². The molecule has 0 saturated heterocycles. The third kappa shape index (κ3) is 4.09. The Morgan fingerprint density at radius 1 is 1.11 bits per heavy atom. The standard InChI is InChI=1S/C19H24N2O6S/c1-7-21-18(27-19(23)26-8-2)15(10-20-21)16(22)14-9-11(3)17(28(6,24)25)13(5)12(14)4/h9-10H,7-8H2,1-6H3. The van der Waals surface area contributed by atoms with Crippen LogP contribution in [0.5, 0.6) is 5.88 Å². The van der Waals surface area contributed by atoms with Crippen LogP contribution in [0.15, 0.2) is 17.2 Å². The smallest absolute Gasteiger partial charge is 0.434 e. The summed E-state index contributed by atoms with van der Waals surface area (Å²) in [5.74, 6) is -0.421. The monoisotopic (exact) mass is 408 g/mol. The molecule has 0 radical (unpaired) electrons.